The van der Waals surface area contributed by atoms with Crippen LogP contribution < -0.4 is 10.1 Å². The summed E-state index contributed by atoms with van der Waals surface area (Å²) in [7, 11) is 0. The van der Waals surface area contributed by atoms with E-state index in [-0.39, 0.29) is 18.1 Å². The van der Waals surface area contributed by atoms with Crippen LogP contribution in [0.3, 0.4) is 0 Å². The monoisotopic (exact) mass is 318 g/mol. The lowest BCUT2D eigenvalue weighted by molar-refractivity contribution is -0.137. The van der Waals surface area contributed by atoms with Crippen molar-refractivity contribution < 1.29 is 24.0 Å². The van der Waals surface area contributed by atoms with Crippen LogP contribution in [-0.2, 0) is 11.3 Å². The molecule has 0 saturated carbocycles. The number of benzene rings is 1. The average molecular weight is 318 g/mol. The van der Waals surface area contributed by atoms with Gasteiger partial charge >= 0.3 is 5.97 Å². The Kier molecular flexibility index (Phi) is 5.74. The first-order valence-corrected chi connectivity index (χ1v) is 7.19. The van der Waals surface area contributed by atoms with Crippen molar-refractivity contribution in [2.45, 2.75) is 26.3 Å². The lowest BCUT2D eigenvalue weighted by atomic mass is 10.2. The van der Waals surface area contributed by atoms with E-state index in [1.165, 1.54) is 0 Å². The number of aliphatic carboxylic acids is 1. The average Bonchev–Trinajstić information content (AvgIpc) is 2.97. The lowest BCUT2D eigenvalue weighted by Gasteiger charge is -2.07. The highest BCUT2D eigenvalue weighted by Gasteiger charge is 2.10. The van der Waals surface area contributed by atoms with Crippen molar-refractivity contribution in [2.24, 2.45) is 0 Å². The van der Waals surface area contributed by atoms with Crippen molar-refractivity contribution in [1.82, 2.24) is 10.5 Å². The zero-order valence-corrected chi connectivity index (χ0v) is 12.7. The molecular formula is C16H18N2O5. The third kappa shape index (κ3) is 5.46. The van der Waals surface area contributed by atoms with Crippen molar-refractivity contribution in [3.8, 4) is 5.75 Å². The fourth-order valence-corrected chi connectivity index (χ4v) is 1.86. The van der Waals surface area contributed by atoms with Crippen molar-refractivity contribution in [3.63, 3.8) is 0 Å². The SMILES string of the molecule is Cc1cc(C(=O)NCc2ccc(OCCCC(=O)O)cc2)on1. The molecule has 1 amide bonds. The fraction of sp³-hybridized carbons (Fsp3) is 0.312. The summed E-state index contributed by atoms with van der Waals surface area (Å²) < 4.78 is 10.3. The van der Waals surface area contributed by atoms with Gasteiger partial charge in [-0.05, 0) is 31.0 Å². The third-order valence-corrected chi connectivity index (χ3v) is 3.03. The number of carbonyl (C=O) groups is 2. The normalized spacial score (nSPS) is 10.3. The number of aromatic nitrogens is 1. The van der Waals surface area contributed by atoms with Gasteiger partial charge in [0.15, 0.2) is 0 Å². The van der Waals surface area contributed by atoms with Crippen LogP contribution in [0.4, 0.5) is 0 Å². The number of nitrogens with one attached hydrogen (secondary N) is 1. The highest BCUT2D eigenvalue weighted by molar-refractivity contribution is 5.91. The van der Waals surface area contributed by atoms with E-state index in [0.29, 0.717) is 31.0 Å². The van der Waals surface area contributed by atoms with E-state index in [2.05, 4.69) is 10.5 Å². The number of amides is 1. The van der Waals surface area contributed by atoms with Crippen LogP contribution >= 0.6 is 0 Å². The van der Waals surface area contributed by atoms with Gasteiger partial charge in [-0.2, -0.15) is 0 Å². The molecule has 2 aromatic rings. The minimum Gasteiger partial charge on any atom is -0.494 e. The molecule has 1 heterocycles. The summed E-state index contributed by atoms with van der Waals surface area (Å²) >= 11 is 0. The van der Waals surface area contributed by atoms with E-state index in [4.69, 9.17) is 14.4 Å². The Labute approximate surface area is 133 Å². The predicted octanol–water partition coefficient (Wildman–Crippen LogP) is 2.16. The van der Waals surface area contributed by atoms with Crippen LogP contribution in [0.15, 0.2) is 34.9 Å². The van der Waals surface area contributed by atoms with Gasteiger partial charge in [0.25, 0.3) is 5.91 Å². The van der Waals surface area contributed by atoms with Crippen molar-refractivity contribution in [2.75, 3.05) is 6.61 Å². The molecule has 0 aliphatic carbocycles. The molecule has 0 aliphatic rings. The minimum atomic E-state index is -0.832. The van der Waals surface area contributed by atoms with Crippen molar-refractivity contribution in [1.29, 1.82) is 0 Å². The van der Waals surface area contributed by atoms with Crippen molar-refractivity contribution in [3.05, 3.63) is 47.3 Å². The van der Waals surface area contributed by atoms with E-state index in [0.717, 1.165) is 5.56 Å². The number of carboxylic acid groups (broad SMARTS) is 1. The molecule has 0 fully saturated rings. The predicted molar refractivity (Wildman–Crippen MR) is 81.2 cm³/mol. The van der Waals surface area contributed by atoms with E-state index >= 15 is 0 Å². The molecule has 7 heteroatoms. The van der Waals surface area contributed by atoms with Crippen LogP contribution in [0.5, 0.6) is 5.75 Å². The van der Waals surface area contributed by atoms with Crippen LogP contribution in [-0.4, -0.2) is 28.7 Å². The smallest absolute Gasteiger partial charge is 0.303 e. The summed E-state index contributed by atoms with van der Waals surface area (Å²) in [5, 5.41) is 14.9. The molecule has 0 aliphatic heterocycles. The van der Waals surface area contributed by atoms with Gasteiger partial charge in [-0.15, -0.1) is 0 Å². The number of carboxylic acids is 1. The van der Waals surface area contributed by atoms with Gasteiger partial charge in [0.1, 0.15) is 5.75 Å². The fourth-order valence-electron chi connectivity index (χ4n) is 1.86. The number of hydrogen-bond donors (Lipinski definition) is 2. The molecule has 0 saturated heterocycles. The first kappa shape index (κ1) is 16.5. The molecule has 0 atom stereocenters. The zero-order valence-electron chi connectivity index (χ0n) is 12.7. The second-order valence-corrected chi connectivity index (χ2v) is 5.00. The number of ether oxygens (including phenoxy) is 1. The van der Waals surface area contributed by atoms with E-state index < -0.39 is 5.97 Å². The quantitative estimate of drug-likeness (QED) is 0.723. The Morgan fingerprint density at radius 1 is 1.30 bits per heavy atom. The minimum absolute atomic E-state index is 0.0885. The molecule has 7 nitrogen and oxygen atoms in total. The molecular weight excluding hydrogens is 300 g/mol. The standard InChI is InChI=1S/C16H18N2O5/c1-11-9-14(23-18-11)16(21)17-10-12-4-6-13(7-5-12)22-8-2-3-15(19)20/h4-7,9H,2-3,8,10H2,1H3,(H,17,21)(H,19,20). The zero-order chi connectivity index (χ0) is 16.7. The molecule has 23 heavy (non-hydrogen) atoms. The number of nitrogens with zero attached hydrogens (tertiary/aromatic N) is 1. The maximum Gasteiger partial charge on any atom is 0.303 e. The summed E-state index contributed by atoms with van der Waals surface area (Å²) in [6.07, 6.45) is 0.551. The summed E-state index contributed by atoms with van der Waals surface area (Å²) in [4.78, 5) is 22.2. The molecule has 0 unspecified atom stereocenters. The molecule has 2 rings (SSSR count). The Balaban J connectivity index is 1.76. The number of aryl methyl sites for hydroxylation is 1. The maximum absolute atomic E-state index is 11.8. The first-order chi connectivity index (χ1) is 11.0. The topological polar surface area (TPSA) is 102 Å². The maximum atomic E-state index is 11.8. The van der Waals surface area contributed by atoms with Crippen LogP contribution in [0, 0.1) is 6.92 Å². The second-order valence-electron chi connectivity index (χ2n) is 5.00. The Bertz CT molecular complexity index is 663. The van der Waals surface area contributed by atoms with Gasteiger partial charge in [0, 0.05) is 19.0 Å². The number of carbonyl (C=O) groups excluding carboxylic acids is 1. The summed E-state index contributed by atoms with van der Waals surface area (Å²) in [5.41, 5.74) is 1.56. The largest absolute Gasteiger partial charge is 0.494 e. The van der Waals surface area contributed by atoms with Gasteiger partial charge in [0.2, 0.25) is 5.76 Å². The number of hydrogen-bond acceptors (Lipinski definition) is 5. The van der Waals surface area contributed by atoms with E-state index in [1.54, 1.807) is 25.1 Å². The summed E-state index contributed by atoms with van der Waals surface area (Å²) in [6.45, 7) is 2.46. The molecule has 2 N–H and O–H groups in total. The molecule has 0 spiro atoms. The summed E-state index contributed by atoms with van der Waals surface area (Å²) in [6, 6.07) is 8.79. The van der Waals surface area contributed by atoms with Crippen molar-refractivity contribution >= 4 is 11.9 Å². The van der Waals surface area contributed by atoms with E-state index in [9.17, 15) is 9.59 Å². The molecule has 0 bridgehead atoms. The van der Waals surface area contributed by atoms with Crippen LogP contribution in [0.1, 0.15) is 34.7 Å². The molecule has 122 valence electrons. The van der Waals surface area contributed by atoms with Gasteiger partial charge < -0.3 is 19.7 Å². The van der Waals surface area contributed by atoms with Crippen LogP contribution in [0.2, 0.25) is 0 Å². The van der Waals surface area contributed by atoms with Crippen LogP contribution in [0.25, 0.3) is 0 Å². The molecule has 1 aromatic heterocycles. The Morgan fingerprint density at radius 2 is 2.04 bits per heavy atom. The third-order valence-electron chi connectivity index (χ3n) is 3.03. The van der Waals surface area contributed by atoms with Gasteiger partial charge in [-0.25, -0.2) is 0 Å². The van der Waals surface area contributed by atoms with Gasteiger partial charge in [-0.3, -0.25) is 9.59 Å². The summed E-state index contributed by atoms with van der Waals surface area (Å²) in [5.74, 6) is -0.307. The molecule has 0 radical (unpaired) electrons. The Hall–Kier alpha value is -2.83. The Morgan fingerprint density at radius 3 is 2.65 bits per heavy atom. The lowest BCUT2D eigenvalue weighted by Crippen LogP contribution is -2.22. The second kappa shape index (κ2) is 7.98. The first-order valence-electron chi connectivity index (χ1n) is 7.19. The van der Waals surface area contributed by atoms with Gasteiger partial charge in [0.05, 0.1) is 12.3 Å². The van der Waals surface area contributed by atoms with E-state index in [1.807, 2.05) is 12.1 Å². The number of rotatable bonds is 8. The highest BCUT2D eigenvalue weighted by atomic mass is 16.5. The molecule has 1 aromatic carbocycles. The van der Waals surface area contributed by atoms with Gasteiger partial charge in [-0.1, -0.05) is 17.3 Å². The highest BCUT2D eigenvalue weighted by Crippen LogP contribution is 2.13.